The van der Waals surface area contributed by atoms with E-state index in [1.807, 2.05) is 26.0 Å². The summed E-state index contributed by atoms with van der Waals surface area (Å²) in [5.41, 5.74) is 6.14. The van der Waals surface area contributed by atoms with Gasteiger partial charge in [0.05, 0.1) is 22.7 Å². The van der Waals surface area contributed by atoms with Crippen LogP contribution >= 0.6 is 11.6 Å². The standard InChI is InChI=1S/C18H26ClN5O/c1-5-10-22-15-9-7-6-8-14(19)17(15)18(25)24(4)13(2)11-23-16(20)12-21-3/h6-13,15,21H,5,20H2,1-4H3/b16-12-,22-10+,23-11-. The number of nitrogens with two attached hydrogens (primary N) is 1. The highest BCUT2D eigenvalue weighted by atomic mass is 35.5. The number of halogens is 1. The number of aliphatic imine (C=N–C) groups is 2. The van der Waals surface area contributed by atoms with Crippen LogP contribution in [-0.4, -0.2) is 49.4 Å². The molecule has 0 radical (unpaired) electrons. The fourth-order valence-electron chi connectivity index (χ4n) is 2.06. The van der Waals surface area contributed by atoms with E-state index in [9.17, 15) is 4.79 Å². The van der Waals surface area contributed by atoms with Crippen LogP contribution in [0.5, 0.6) is 0 Å². The zero-order valence-corrected chi connectivity index (χ0v) is 15.9. The van der Waals surface area contributed by atoms with Crippen LogP contribution in [0.1, 0.15) is 20.3 Å². The van der Waals surface area contributed by atoms with E-state index in [0.717, 1.165) is 6.42 Å². The predicted octanol–water partition coefficient (Wildman–Crippen LogP) is 2.35. The van der Waals surface area contributed by atoms with E-state index in [1.165, 1.54) is 0 Å². The third kappa shape index (κ3) is 6.23. The molecule has 3 N–H and O–H groups in total. The van der Waals surface area contributed by atoms with Gasteiger partial charge in [0.1, 0.15) is 5.82 Å². The molecule has 136 valence electrons. The Kier molecular flexibility index (Phi) is 8.70. The van der Waals surface area contributed by atoms with Gasteiger partial charge in [0.25, 0.3) is 5.91 Å². The second-order valence-corrected chi connectivity index (χ2v) is 5.89. The molecule has 0 spiro atoms. The van der Waals surface area contributed by atoms with Gasteiger partial charge in [-0.2, -0.15) is 0 Å². The molecule has 1 aliphatic rings. The van der Waals surface area contributed by atoms with Crippen LogP contribution in [0.3, 0.4) is 0 Å². The van der Waals surface area contributed by atoms with Crippen molar-refractivity contribution in [1.82, 2.24) is 10.2 Å². The number of amides is 1. The van der Waals surface area contributed by atoms with Crippen LogP contribution in [0, 0.1) is 0 Å². The first-order valence-electron chi connectivity index (χ1n) is 8.12. The maximum Gasteiger partial charge on any atom is 0.254 e. The second-order valence-electron chi connectivity index (χ2n) is 5.48. The van der Waals surface area contributed by atoms with Crippen LogP contribution in [0.4, 0.5) is 0 Å². The summed E-state index contributed by atoms with van der Waals surface area (Å²) < 4.78 is 0. The Morgan fingerprint density at radius 2 is 2.24 bits per heavy atom. The van der Waals surface area contributed by atoms with Crippen molar-refractivity contribution in [2.75, 3.05) is 14.1 Å². The van der Waals surface area contributed by atoms with Gasteiger partial charge in [-0.05, 0) is 25.6 Å². The summed E-state index contributed by atoms with van der Waals surface area (Å²) in [6.07, 6.45) is 12.9. The van der Waals surface area contributed by atoms with Gasteiger partial charge in [0, 0.05) is 26.5 Å². The van der Waals surface area contributed by atoms with E-state index in [0.29, 0.717) is 16.4 Å². The van der Waals surface area contributed by atoms with Gasteiger partial charge in [-0.3, -0.25) is 9.79 Å². The Morgan fingerprint density at radius 1 is 1.52 bits per heavy atom. The zero-order chi connectivity index (χ0) is 18.8. The number of hydrogen-bond donors (Lipinski definition) is 2. The molecule has 0 aliphatic heterocycles. The molecular weight excluding hydrogens is 338 g/mol. The molecule has 1 aliphatic carbocycles. The summed E-state index contributed by atoms with van der Waals surface area (Å²) in [5, 5.41) is 3.18. The summed E-state index contributed by atoms with van der Waals surface area (Å²) >= 11 is 6.33. The summed E-state index contributed by atoms with van der Waals surface area (Å²) in [5.74, 6) is 0.132. The molecule has 0 saturated heterocycles. The highest BCUT2D eigenvalue weighted by molar-refractivity contribution is 6.33. The lowest BCUT2D eigenvalue weighted by molar-refractivity contribution is -0.126. The van der Waals surface area contributed by atoms with Crippen LogP contribution in [-0.2, 0) is 4.79 Å². The predicted molar refractivity (Wildman–Crippen MR) is 106 cm³/mol. The molecule has 0 saturated carbocycles. The molecule has 7 heteroatoms. The minimum absolute atomic E-state index is 0.199. The fraction of sp³-hybridized carbons (Fsp3) is 0.389. The Morgan fingerprint density at radius 3 is 2.88 bits per heavy atom. The van der Waals surface area contributed by atoms with Crippen molar-refractivity contribution in [3.05, 3.63) is 46.9 Å². The van der Waals surface area contributed by atoms with Gasteiger partial charge in [-0.1, -0.05) is 36.8 Å². The number of hydrogen-bond acceptors (Lipinski definition) is 5. The Hall–Kier alpha value is -2.34. The van der Waals surface area contributed by atoms with E-state index in [4.69, 9.17) is 17.3 Å². The molecule has 0 aromatic carbocycles. The largest absolute Gasteiger partial charge is 0.391 e. The quantitative estimate of drug-likeness (QED) is 0.681. The van der Waals surface area contributed by atoms with Crippen molar-refractivity contribution >= 4 is 29.9 Å². The number of rotatable bonds is 7. The van der Waals surface area contributed by atoms with E-state index in [-0.39, 0.29) is 11.9 Å². The molecule has 2 unspecified atom stereocenters. The number of nitrogens with one attached hydrogen (secondary N) is 1. The smallest absolute Gasteiger partial charge is 0.254 e. The monoisotopic (exact) mass is 363 g/mol. The minimum atomic E-state index is -0.407. The van der Waals surface area contributed by atoms with E-state index < -0.39 is 6.04 Å². The van der Waals surface area contributed by atoms with Crippen molar-refractivity contribution in [3.63, 3.8) is 0 Å². The number of carbonyl (C=O) groups is 1. The number of carbonyl (C=O) groups excluding carboxylic acids is 1. The van der Waals surface area contributed by atoms with Crippen molar-refractivity contribution in [1.29, 1.82) is 0 Å². The van der Waals surface area contributed by atoms with Gasteiger partial charge in [0.2, 0.25) is 0 Å². The van der Waals surface area contributed by atoms with Gasteiger partial charge in [0.15, 0.2) is 0 Å². The lowest BCUT2D eigenvalue weighted by atomic mass is 10.1. The van der Waals surface area contributed by atoms with E-state index >= 15 is 0 Å². The minimum Gasteiger partial charge on any atom is -0.391 e. The summed E-state index contributed by atoms with van der Waals surface area (Å²) in [6, 6.07) is -0.670. The van der Waals surface area contributed by atoms with E-state index in [2.05, 4.69) is 15.3 Å². The van der Waals surface area contributed by atoms with Gasteiger partial charge in [-0.15, -0.1) is 0 Å². The summed E-state index contributed by atoms with van der Waals surface area (Å²) in [7, 11) is 3.44. The maximum absolute atomic E-state index is 13.0. The lowest BCUT2D eigenvalue weighted by Crippen LogP contribution is -2.39. The highest BCUT2D eigenvalue weighted by Crippen LogP contribution is 2.23. The van der Waals surface area contributed by atoms with Crippen molar-refractivity contribution in [2.24, 2.45) is 15.7 Å². The average Bonchev–Trinajstić information content (AvgIpc) is 2.78. The molecule has 0 aromatic heterocycles. The van der Waals surface area contributed by atoms with Gasteiger partial charge < -0.3 is 16.0 Å². The first kappa shape index (κ1) is 20.7. The molecule has 1 amide bonds. The topological polar surface area (TPSA) is 83.1 Å². The zero-order valence-electron chi connectivity index (χ0n) is 15.1. The summed E-state index contributed by atoms with van der Waals surface area (Å²) in [6.45, 7) is 3.85. The molecule has 0 bridgehead atoms. The number of nitrogens with zero attached hydrogens (tertiary/aromatic N) is 3. The molecule has 0 aromatic rings. The SMILES string of the molecule is CC/C=N/C1C=CC=CC(Cl)=C1C(=O)N(C)C(C)/C=N\C(N)=C/NC. The van der Waals surface area contributed by atoms with Crippen molar-refractivity contribution in [2.45, 2.75) is 32.4 Å². The number of allylic oxidation sites excluding steroid dienone is 4. The third-order valence-corrected chi connectivity index (χ3v) is 3.87. The molecule has 25 heavy (non-hydrogen) atoms. The highest BCUT2D eigenvalue weighted by Gasteiger charge is 2.26. The Balaban J connectivity index is 3.04. The van der Waals surface area contributed by atoms with E-state index in [1.54, 1.807) is 49.8 Å². The van der Waals surface area contributed by atoms with Crippen molar-refractivity contribution < 1.29 is 4.79 Å². The van der Waals surface area contributed by atoms with Crippen LogP contribution in [0.15, 0.2) is 56.9 Å². The van der Waals surface area contributed by atoms with Gasteiger partial charge in [-0.25, -0.2) is 4.99 Å². The summed E-state index contributed by atoms with van der Waals surface area (Å²) in [4.78, 5) is 23.1. The second kappa shape index (κ2) is 10.5. The van der Waals surface area contributed by atoms with Crippen molar-refractivity contribution in [3.8, 4) is 0 Å². The fourth-order valence-corrected chi connectivity index (χ4v) is 2.33. The van der Waals surface area contributed by atoms with Gasteiger partial charge >= 0.3 is 0 Å². The molecule has 6 nitrogen and oxygen atoms in total. The maximum atomic E-state index is 13.0. The van der Waals surface area contributed by atoms with Crippen LogP contribution in [0.25, 0.3) is 0 Å². The normalized spacial score (nSPS) is 19.6. The molecule has 1 rings (SSSR count). The first-order chi connectivity index (χ1) is 11.9. The average molecular weight is 364 g/mol. The molecule has 0 heterocycles. The Labute approximate surface area is 154 Å². The molecule has 0 fully saturated rings. The lowest BCUT2D eigenvalue weighted by Gasteiger charge is -2.25. The molecule has 2 atom stereocenters. The number of likely N-dealkylation sites (N-methyl/N-ethyl adjacent to an activating group) is 1. The molecular formula is C18H26ClN5O. The van der Waals surface area contributed by atoms with Crippen LogP contribution in [0.2, 0.25) is 0 Å². The Bertz CT molecular complexity index is 646. The first-order valence-corrected chi connectivity index (χ1v) is 8.50. The van der Waals surface area contributed by atoms with Crippen LogP contribution < -0.4 is 11.1 Å². The third-order valence-electron chi connectivity index (χ3n) is 3.54.